The van der Waals surface area contributed by atoms with Crippen LogP contribution in [0.1, 0.15) is 30.1 Å². The number of esters is 1. The molecule has 1 heterocycles. The number of hydrogen-bond acceptors (Lipinski definition) is 4. The number of ether oxygens (including phenoxy) is 1. The normalized spacial score (nSPS) is 15.4. The second kappa shape index (κ2) is 10.8. The van der Waals surface area contributed by atoms with Gasteiger partial charge in [0.2, 0.25) is 0 Å². The Labute approximate surface area is 165 Å². The smallest absolute Gasteiger partial charge is 0.308 e. The van der Waals surface area contributed by atoms with Crippen LogP contribution in [0.4, 0.5) is 0 Å². The number of carbonyl (C=O) groups is 2. The molecular formula is C19H27ClN4O3. The molecule has 7 nitrogen and oxygen atoms in total. The summed E-state index contributed by atoms with van der Waals surface area (Å²) in [6.07, 6.45) is 1.50. The van der Waals surface area contributed by atoms with Crippen LogP contribution in [0.25, 0.3) is 0 Å². The monoisotopic (exact) mass is 394 g/mol. The summed E-state index contributed by atoms with van der Waals surface area (Å²) in [5, 5.41) is 6.53. The number of rotatable bonds is 6. The second-order valence-electron chi connectivity index (χ2n) is 6.26. The molecule has 0 atom stereocenters. The van der Waals surface area contributed by atoms with Crippen LogP contribution in [-0.4, -0.2) is 62.6 Å². The number of hydrogen-bond donors (Lipinski definition) is 2. The van der Waals surface area contributed by atoms with Gasteiger partial charge in [0, 0.05) is 26.2 Å². The molecule has 0 radical (unpaired) electrons. The number of guanidine groups is 1. The van der Waals surface area contributed by atoms with Gasteiger partial charge in [0.1, 0.15) is 0 Å². The number of methoxy groups -OCH3 is 1. The maximum absolute atomic E-state index is 12.2. The van der Waals surface area contributed by atoms with Crippen molar-refractivity contribution in [1.29, 1.82) is 0 Å². The Bertz CT molecular complexity index is 673. The minimum atomic E-state index is -0.209. The van der Waals surface area contributed by atoms with E-state index >= 15 is 0 Å². The van der Waals surface area contributed by atoms with E-state index in [1.807, 2.05) is 6.92 Å². The quantitative estimate of drug-likeness (QED) is 0.333. The predicted octanol–water partition coefficient (Wildman–Crippen LogP) is 1.92. The zero-order chi connectivity index (χ0) is 19.6. The highest BCUT2D eigenvalue weighted by atomic mass is 35.5. The average Bonchev–Trinajstić information content (AvgIpc) is 2.70. The highest BCUT2D eigenvalue weighted by Gasteiger charge is 2.26. The Balaban J connectivity index is 1.84. The minimum Gasteiger partial charge on any atom is -0.469 e. The third kappa shape index (κ3) is 6.13. The summed E-state index contributed by atoms with van der Waals surface area (Å²) < 4.78 is 4.83. The van der Waals surface area contributed by atoms with Gasteiger partial charge in [-0.05, 0) is 31.9 Å². The average molecular weight is 395 g/mol. The fourth-order valence-electron chi connectivity index (χ4n) is 2.99. The fourth-order valence-corrected chi connectivity index (χ4v) is 3.21. The highest BCUT2D eigenvalue weighted by Crippen LogP contribution is 2.18. The van der Waals surface area contributed by atoms with Crippen LogP contribution in [-0.2, 0) is 9.53 Å². The topological polar surface area (TPSA) is 83.0 Å². The number of aliphatic imine (C=N–C) groups is 1. The lowest BCUT2D eigenvalue weighted by Gasteiger charge is -2.33. The minimum absolute atomic E-state index is 0.0379. The van der Waals surface area contributed by atoms with Crippen molar-refractivity contribution < 1.29 is 14.3 Å². The third-order valence-electron chi connectivity index (χ3n) is 4.44. The van der Waals surface area contributed by atoms with Crippen molar-refractivity contribution in [3.05, 3.63) is 34.9 Å². The van der Waals surface area contributed by atoms with Gasteiger partial charge < -0.3 is 20.3 Å². The van der Waals surface area contributed by atoms with Crippen molar-refractivity contribution in [1.82, 2.24) is 15.5 Å². The number of benzene rings is 1. The van der Waals surface area contributed by atoms with Crippen LogP contribution in [0.5, 0.6) is 0 Å². The first-order valence-corrected chi connectivity index (χ1v) is 9.58. The van der Waals surface area contributed by atoms with Crippen molar-refractivity contribution in [3.8, 4) is 0 Å². The molecule has 1 saturated heterocycles. The van der Waals surface area contributed by atoms with Crippen LogP contribution in [0.2, 0.25) is 5.02 Å². The first-order chi connectivity index (χ1) is 13.1. The number of nitrogens with zero attached hydrogens (tertiary/aromatic N) is 2. The van der Waals surface area contributed by atoms with E-state index in [4.69, 9.17) is 16.3 Å². The molecular weight excluding hydrogens is 368 g/mol. The van der Waals surface area contributed by atoms with Gasteiger partial charge in [-0.15, -0.1) is 0 Å². The molecule has 8 heteroatoms. The Morgan fingerprint density at radius 1 is 1.26 bits per heavy atom. The molecule has 1 aromatic rings. The molecule has 1 aliphatic rings. The SMILES string of the molecule is CCNC(=NCCNC(=O)c1ccccc1Cl)N1CCC(C(=O)OC)CC1. The zero-order valence-corrected chi connectivity index (χ0v) is 16.6. The van der Waals surface area contributed by atoms with E-state index in [2.05, 4.69) is 20.5 Å². The van der Waals surface area contributed by atoms with E-state index in [1.165, 1.54) is 7.11 Å². The van der Waals surface area contributed by atoms with E-state index < -0.39 is 0 Å². The molecule has 0 bridgehead atoms. The molecule has 2 rings (SSSR count). The molecule has 0 unspecified atom stereocenters. The first-order valence-electron chi connectivity index (χ1n) is 9.20. The lowest BCUT2D eigenvalue weighted by atomic mass is 9.97. The van der Waals surface area contributed by atoms with Gasteiger partial charge >= 0.3 is 5.97 Å². The summed E-state index contributed by atoms with van der Waals surface area (Å²) in [5.74, 6) is 0.412. The van der Waals surface area contributed by atoms with Crippen LogP contribution in [0, 0.1) is 5.92 Å². The number of likely N-dealkylation sites (tertiary alicyclic amines) is 1. The summed E-state index contributed by atoms with van der Waals surface area (Å²) in [7, 11) is 1.43. The molecule has 1 aromatic carbocycles. The summed E-state index contributed by atoms with van der Waals surface area (Å²) in [4.78, 5) is 30.5. The molecule has 2 N–H and O–H groups in total. The van der Waals surface area contributed by atoms with Crippen LogP contribution >= 0.6 is 11.6 Å². The Morgan fingerprint density at radius 2 is 1.96 bits per heavy atom. The summed E-state index contributed by atoms with van der Waals surface area (Å²) in [6, 6.07) is 6.95. The van der Waals surface area contributed by atoms with E-state index in [0.717, 1.165) is 38.4 Å². The molecule has 0 aromatic heterocycles. The van der Waals surface area contributed by atoms with Gasteiger partial charge in [0.05, 0.1) is 30.2 Å². The lowest BCUT2D eigenvalue weighted by Crippen LogP contribution is -2.47. The maximum Gasteiger partial charge on any atom is 0.308 e. The van der Waals surface area contributed by atoms with Crippen LogP contribution in [0.15, 0.2) is 29.3 Å². The number of halogens is 1. The Kier molecular flexibility index (Phi) is 8.39. The van der Waals surface area contributed by atoms with Crippen molar-refractivity contribution in [2.75, 3.05) is 39.8 Å². The van der Waals surface area contributed by atoms with Gasteiger partial charge in [0.15, 0.2) is 5.96 Å². The molecule has 148 valence electrons. The summed E-state index contributed by atoms with van der Waals surface area (Å²) in [6.45, 7) is 5.12. The standard InChI is InChI=1S/C19H27ClN4O3/c1-3-21-19(24-12-8-14(9-13-24)18(26)27-2)23-11-10-22-17(25)15-6-4-5-7-16(15)20/h4-7,14H,3,8-13H2,1-2H3,(H,21,23)(H,22,25). The molecule has 1 aliphatic heterocycles. The number of piperidine rings is 1. The van der Waals surface area contributed by atoms with E-state index in [9.17, 15) is 9.59 Å². The molecule has 0 saturated carbocycles. The molecule has 1 fully saturated rings. The Hall–Kier alpha value is -2.28. The van der Waals surface area contributed by atoms with Gasteiger partial charge in [0.25, 0.3) is 5.91 Å². The van der Waals surface area contributed by atoms with Crippen LogP contribution in [0.3, 0.4) is 0 Å². The molecule has 0 aliphatic carbocycles. The molecule has 27 heavy (non-hydrogen) atoms. The van der Waals surface area contributed by atoms with Gasteiger partial charge in [-0.2, -0.15) is 0 Å². The fraction of sp³-hybridized carbons (Fsp3) is 0.526. The second-order valence-corrected chi connectivity index (χ2v) is 6.66. The van der Waals surface area contributed by atoms with E-state index in [0.29, 0.717) is 23.7 Å². The van der Waals surface area contributed by atoms with E-state index in [-0.39, 0.29) is 17.8 Å². The molecule has 0 spiro atoms. The van der Waals surface area contributed by atoms with Gasteiger partial charge in [-0.1, -0.05) is 23.7 Å². The number of carbonyl (C=O) groups excluding carboxylic acids is 2. The van der Waals surface area contributed by atoms with Crippen molar-refractivity contribution >= 4 is 29.4 Å². The lowest BCUT2D eigenvalue weighted by molar-refractivity contribution is -0.146. The first kappa shape index (κ1) is 21.0. The number of amides is 1. The van der Waals surface area contributed by atoms with Gasteiger partial charge in [-0.25, -0.2) is 0 Å². The van der Waals surface area contributed by atoms with Crippen LogP contribution < -0.4 is 10.6 Å². The predicted molar refractivity (Wildman–Crippen MR) is 106 cm³/mol. The zero-order valence-electron chi connectivity index (χ0n) is 15.8. The van der Waals surface area contributed by atoms with Crippen molar-refractivity contribution in [2.45, 2.75) is 19.8 Å². The van der Waals surface area contributed by atoms with Crippen molar-refractivity contribution in [3.63, 3.8) is 0 Å². The largest absolute Gasteiger partial charge is 0.469 e. The summed E-state index contributed by atoms with van der Waals surface area (Å²) >= 11 is 6.03. The number of nitrogens with one attached hydrogen (secondary N) is 2. The third-order valence-corrected chi connectivity index (χ3v) is 4.77. The van der Waals surface area contributed by atoms with Crippen molar-refractivity contribution in [2.24, 2.45) is 10.9 Å². The Morgan fingerprint density at radius 3 is 2.59 bits per heavy atom. The molecule has 1 amide bonds. The van der Waals surface area contributed by atoms with Gasteiger partial charge in [-0.3, -0.25) is 14.6 Å². The highest BCUT2D eigenvalue weighted by molar-refractivity contribution is 6.33. The maximum atomic E-state index is 12.2. The van der Waals surface area contributed by atoms with E-state index in [1.54, 1.807) is 24.3 Å². The summed E-state index contributed by atoms with van der Waals surface area (Å²) in [5.41, 5.74) is 0.458.